The van der Waals surface area contributed by atoms with Crippen LogP contribution in [-0.2, 0) is 10.0 Å². The van der Waals surface area contributed by atoms with E-state index in [-0.39, 0.29) is 11.3 Å². The molecule has 0 aromatic carbocycles. The average Bonchev–Trinajstić information content (AvgIpc) is 1.80. The van der Waals surface area contributed by atoms with Gasteiger partial charge in [0.1, 0.15) is 0 Å². The maximum absolute atomic E-state index is 11.5. The third-order valence-corrected chi connectivity index (χ3v) is 4.43. The second-order valence-corrected chi connectivity index (χ2v) is 6.19. The van der Waals surface area contributed by atoms with Gasteiger partial charge in [0.05, 0.1) is 5.25 Å². The Balaban J connectivity index is 2.47. The summed E-state index contributed by atoms with van der Waals surface area (Å²) in [6, 6.07) is 0.0497. The summed E-state index contributed by atoms with van der Waals surface area (Å²) in [6.45, 7) is 7.14. The van der Waals surface area contributed by atoms with Crippen LogP contribution >= 0.6 is 0 Å². The van der Waals surface area contributed by atoms with Crippen LogP contribution in [-0.4, -0.2) is 32.8 Å². The van der Waals surface area contributed by atoms with E-state index < -0.39 is 10.0 Å². The minimum absolute atomic E-state index is 0.0497. The zero-order valence-corrected chi connectivity index (χ0v) is 9.19. The van der Waals surface area contributed by atoms with E-state index in [9.17, 15) is 8.42 Å². The van der Waals surface area contributed by atoms with Crippen molar-refractivity contribution in [3.63, 3.8) is 0 Å². The van der Waals surface area contributed by atoms with E-state index in [1.807, 2.05) is 6.92 Å². The molecule has 0 aromatic heterocycles. The van der Waals surface area contributed by atoms with Crippen LogP contribution in [0.25, 0.3) is 0 Å². The molecule has 2 N–H and O–H groups in total. The molecule has 1 rings (SSSR count). The maximum Gasteiger partial charge on any atom is 0.214 e. The van der Waals surface area contributed by atoms with E-state index in [1.54, 1.807) is 13.8 Å². The first kappa shape index (κ1) is 10.9. The van der Waals surface area contributed by atoms with Gasteiger partial charge in [-0.05, 0) is 26.7 Å². The van der Waals surface area contributed by atoms with Crippen LogP contribution in [0.5, 0.6) is 0 Å². The summed E-state index contributed by atoms with van der Waals surface area (Å²) in [5.74, 6) is 0.452. The minimum Gasteiger partial charge on any atom is -0.316 e. The molecule has 1 saturated heterocycles. The highest BCUT2D eigenvalue weighted by molar-refractivity contribution is 7.90. The quantitative estimate of drug-likeness (QED) is 0.676. The Labute approximate surface area is 80.1 Å². The molecule has 0 amide bonds. The van der Waals surface area contributed by atoms with Crippen molar-refractivity contribution in [1.29, 1.82) is 0 Å². The van der Waals surface area contributed by atoms with E-state index in [4.69, 9.17) is 0 Å². The second kappa shape index (κ2) is 3.94. The summed E-state index contributed by atoms with van der Waals surface area (Å²) in [4.78, 5) is 0. The first-order chi connectivity index (χ1) is 5.93. The van der Waals surface area contributed by atoms with Crippen molar-refractivity contribution in [3.8, 4) is 0 Å². The van der Waals surface area contributed by atoms with E-state index in [0.29, 0.717) is 5.92 Å². The van der Waals surface area contributed by atoms with Gasteiger partial charge in [-0.2, -0.15) is 0 Å². The van der Waals surface area contributed by atoms with Gasteiger partial charge in [-0.15, -0.1) is 0 Å². The van der Waals surface area contributed by atoms with E-state index in [0.717, 1.165) is 13.1 Å². The lowest BCUT2D eigenvalue weighted by Gasteiger charge is -2.33. The highest BCUT2D eigenvalue weighted by Crippen LogP contribution is 2.10. The molecule has 1 fully saturated rings. The zero-order chi connectivity index (χ0) is 10.1. The fraction of sp³-hybridized carbons (Fsp3) is 1.00. The molecule has 1 unspecified atom stereocenters. The molecule has 78 valence electrons. The Bertz CT molecular complexity index is 257. The lowest BCUT2D eigenvalue weighted by molar-refractivity contribution is 0.289. The lowest BCUT2D eigenvalue weighted by Crippen LogP contribution is -2.54. The highest BCUT2D eigenvalue weighted by atomic mass is 32.2. The standard InChI is InChI=1S/C8H18N2O2S/c1-6(2)13(11,12)10-7(3)8-4-9-5-8/h6-10H,4-5H2,1-3H3. The van der Waals surface area contributed by atoms with Crippen molar-refractivity contribution in [2.75, 3.05) is 13.1 Å². The number of hydrogen-bond acceptors (Lipinski definition) is 3. The van der Waals surface area contributed by atoms with Crippen LogP contribution in [0.1, 0.15) is 20.8 Å². The maximum atomic E-state index is 11.5. The molecule has 13 heavy (non-hydrogen) atoms. The summed E-state index contributed by atoms with van der Waals surface area (Å²) < 4.78 is 25.6. The number of nitrogens with one attached hydrogen (secondary N) is 2. The first-order valence-electron chi connectivity index (χ1n) is 4.65. The SMILES string of the molecule is CC(NS(=O)(=O)C(C)C)C1CNC1. The molecular weight excluding hydrogens is 188 g/mol. The zero-order valence-electron chi connectivity index (χ0n) is 8.37. The van der Waals surface area contributed by atoms with Crippen molar-refractivity contribution in [1.82, 2.24) is 10.0 Å². The van der Waals surface area contributed by atoms with Crippen molar-refractivity contribution in [3.05, 3.63) is 0 Å². The van der Waals surface area contributed by atoms with E-state index >= 15 is 0 Å². The summed E-state index contributed by atoms with van der Waals surface area (Å²) in [7, 11) is -3.10. The Morgan fingerprint density at radius 3 is 2.15 bits per heavy atom. The van der Waals surface area contributed by atoms with Crippen LogP contribution in [0, 0.1) is 5.92 Å². The molecule has 1 atom stereocenters. The lowest BCUT2D eigenvalue weighted by atomic mass is 9.96. The van der Waals surface area contributed by atoms with Crippen LogP contribution in [0.3, 0.4) is 0 Å². The molecule has 1 aliphatic heterocycles. The third-order valence-electron chi connectivity index (χ3n) is 2.49. The van der Waals surface area contributed by atoms with E-state index in [1.165, 1.54) is 0 Å². The summed E-state index contributed by atoms with van der Waals surface area (Å²) in [6.07, 6.45) is 0. The molecule has 5 heteroatoms. The van der Waals surface area contributed by atoms with Crippen molar-refractivity contribution >= 4 is 10.0 Å². The Morgan fingerprint density at radius 2 is 1.85 bits per heavy atom. The van der Waals surface area contributed by atoms with E-state index in [2.05, 4.69) is 10.0 Å². The monoisotopic (exact) mass is 206 g/mol. The molecular formula is C8H18N2O2S. The molecule has 0 bridgehead atoms. The van der Waals surface area contributed by atoms with Gasteiger partial charge in [0.15, 0.2) is 0 Å². The molecule has 0 aromatic rings. The largest absolute Gasteiger partial charge is 0.316 e. The van der Waals surface area contributed by atoms with Crippen LogP contribution in [0.2, 0.25) is 0 Å². The number of rotatable bonds is 4. The van der Waals surface area contributed by atoms with Crippen LogP contribution < -0.4 is 10.0 Å². The van der Waals surface area contributed by atoms with Gasteiger partial charge in [0.2, 0.25) is 10.0 Å². The van der Waals surface area contributed by atoms with Gasteiger partial charge in [0, 0.05) is 19.1 Å². The smallest absolute Gasteiger partial charge is 0.214 e. The summed E-state index contributed by atoms with van der Waals surface area (Å²) >= 11 is 0. The molecule has 1 aliphatic rings. The van der Waals surface area contributed by atoms with Crippen molar-refractivity contribution < 1.29 is 8.42 Å². The van der Waals surface area contributed by atoms with Gasteiger partial charge in [0.25, 0.3) is 0 Å². The molecule has 0 saturated carbocycles. The molecule has 1 heterocycles. The molecule has 0 radical (unpaired) electrons. The van der Waals surface area contributed by atoms with Gasteiger partial charge < -0.3 is 5.32 Å². The molecule has 0 spiro atoms. The van der Waals surface area contributed by atoms with Crippen LogP contribution in [0.4, 0.5) is 0 Å². The van der Waals surface area contributed by atoms with Crippen LogP contribution in [0.15, 0.2) is 0 Å². The predicted molar refractivity (Wildman–Crippen MR) is 53.0 cm³/mol. The summed E-state index contributed by atoms with van der Waals surface area (Å²) in [5, 5.41) is 2.78. The molecule has 0 aliphatic carbocycles. The Morgan fingerprint density at radius 1 is 1.31 bits per heavy atom. The second-order valence-electron chi connectivity index (χ2n) is 3.92. The topological polar surface area (TPSA) is 58.2 Å². The summed E-state index contributed by atoms with van der Waals surface area (Å²) in [5.41, 5.74) is 0. The average molecular weight is 206 g/mol. The minimum atomic E-state index is -3.10. The van der Waals surface area contributed by atoms with Crippen molar-refractivity contribution in [2.24, 2.45) is 5.92 Å². The Kier molecular flexibility index (Phi) is 3.32. The normalized spacial score (nSPS) is 21.5. The van der Waals surface area contributed by atoms with Crippen molar-refractivity contribution in [2.45, 2.75) is 32.1 Å². The first-order valence-corrected chi connectivity index (χ1v) is 6.20. The number of sulfonamides is 1. The van der Waals surface area contributed by atoms with Gasteiger partial charge in [-0.25, -0.2) is 13.1 Å². The highest BCUT2D eigenvalue weighted by Gasteiger charge is 2.27. The predicted octanol–water partition coefficient (Wildman–Crippen LogP) is -0.0779. The van der Waals surface area contributed by atoms with Gasteiger partial charge in [-0.3, -0.25) is 0 Å². The molecule has 4 nitrogen and oxygen atoms in total. The number of hydrogen-bond donors (Lipinski definition) is 2. The third kappa shape index (κ3) is 2.65. The van der Waals surface area contributed by atoms with Gasteiger partial charge in [-0.1, -0.05) is 0 Å². The fourth-order valence-electron chi connectivity index (χ4n) is 1.16. The fourth-order valence-corrected chi connectivity index (χ4v) is 2.14. The van der Waals surface area contributed by atoms with Gasteiger partial charge >= 0.3 is 0 Å². The Hall–Kier alpha value is -0.130.